The van der Waals surface area contributed by atoms with Crippen LogP contribution in [0.4, 0.5) is 8.78 Å². The minimum atomic E-state index is -4.22. The first-order valence-corrected chi connectivity index (χ1v) is 3.80. The van der Waals surface area contributed by atoms with Crippen LogP contribution in [0.1, 0.15) is 6.92 Å². The summed E-state index contributed by atoms with van der Waals surface area (Å²) in [5.74, 6) is -7.09. The third-order valence-electron chi connectivity index (χ3n) is 2.20. The second kappa shape index (κ2) is 2.88. The maximum atomic E-state index is 12.8. The van der Waals surface area contributed by atoms with E-state index in [-0.39, 0.29) is 0 Å². The fourth-order valence-corrected chi connectivity index (χ4v) is 1.21. The molecule has 80 valence electrons. The molecule has 0 radical (unpaired) electrons. The van der Waals surface area contributed by atoms with Gasteiger partial charge < -0.3 is 15.1 Å². The minimum absolute atomic E-state index is 0.476. The summed E-state index contributed by atoms with van der Waals surface area (Å²) >= 11 is 0. The fraction of sp³-hybridized carbons (Fsp3) is 0.714. The normalized spacial score (nSPS) is 20.1. The van der Waals surface area contributed by atoms with Gasteiger partial charge in [0.05, 0.1) is 13.1 Å². The first-order chi connectivity index (χ1) is 6.21. The molecular formula is C7H9F2NO4. The Hall–Kier alpha value is -1.24. The Balaban J connectivity index is 2.73. The highest BCUT2D eigenvalue weighted by Crippen LogP contribution is 2.36. The molecule has 1 fully saturated rings. The van der Waals surface area contributed by atoms with Gasteiger partial charge in [-0.15, -0.1) is 0 Å². The van der Waals surface area contributed by atoms with Crippen molar-refractivity contribution in [1.82, 2.24) is 4.90 Å². The van der Waals surface area contributed by atoms with Crippen LogP contribution in [0.2, 0.25) is 0 Å². The van der Waals surface area contributed by atoms with Gasteiger partial charge in [0.1, 0.15) is 0 Å². The van der Waals surface area contributed by atoms with E-state index < -0.39 is 36.5 Å². The lowest BCUT2D eigenvalue weighted by atomic mass is 9.87. The van der Waals surface area contributed by atoms with Crippen LogP contribution in [0.15, 0.2) is 0 Å². The minimum Gasteiger partial charge on any atom is -0.477 e. The van der Waals surface area contributed by atoms with Crippen LogP contribution in [-0.4, -0.2) is 51.6 Å². The zero-order valence-electron chi connectivity index (χ0n) is 7.33. The van der Waals surface area contributed by atoms with Gasteiger partial charge in [-0.3, -0.25) is 4.79 Å². The Morgan fingerprint density at radius 1 is 1.43 bits per heavy atom. The average molecular weight is 209 g/mol. The van der Waals surface area contributed by atoms with Gasteiger partial charge in [0, 0.05) is 6.92 Å². The number of β-amino-alcohol motifs (C(OH)–C–C–N with tert-alkyl or cyclic N) is 1. The van der Waals surface area contributed by atoms with Gasteiger partial charge in [-0.25, -0.2) is 4.79 Å². The third kappa shape index (κ3) is 1.33. The predicted molar refractivity (Wildman–Crippen MR) is 39.8 cm³/mol. The van der Waals surface area contributed by atoms with E-state index in [0.717, 1.165) is 11.8 Å². The van der Waals surface area contributed by atoms with Crippen LogP contribution >= 0.6 is 0 Å². The number of hydrogen-bond donors (Lipinski definition) is 2. The number of rotatable bonds is 2. The van der Waals surface area contributed by atoms with E-state index >= 15 is 0 Å². The summed E-state index contributed by atoms with van der Waals surface area (Å²) in [6, 6.07) is 0. The molecule has 7 heteroatoms. The molecule has 1 amide bonds. The number of carboxylic acids is 1. The largest absolute Gasteiger partial charge is 0.477 e. The molecule has 5 nitrogen and oxygen atoms in total. The number of hydrogen-bond acceptors (Lipinski definition) is 3. The Kier molecular flexibility index (Phi) is 2.23. The molecular weight excluding hydrogens is 200 g/mol. The van der Waals surface area contributed by atoms with Crippen molar-refractivity contribution >= 4 is 11.9 Å². The van der Waals surface area contributed by atoms with Crippen molar-refractivity contribution in [3.63, 3.8) is 0 Å². The summed E-state index contributed by atoms with van der Waals surface area (Å²) in [7, 11) is 0. The maximum absolute atomic E-state index is 12.8. The van der Waals surface area contributed by atoms with Gasteiger partial charge in [0.2, 0.25) is 5.91 Å². The molecule has 0 saturated carbocycles. The topological polar surface area (TPSA) is 77.8 Å². The number of halogens is 2. The number of carbonyl (C=O) groups excluding carboxylic acids is 1. The molecule has 1 aliphatic heterocycles. The summed E-state index contributed by atoms with van der Waals surface area (Å²) in [5.41, 5.74) is -2.63. The van der Waals surface area contributed by atoms with Gasteiger partial charge in [0.25, 0.3) is 0 Å². The van der Waals surface area contributed by atoms with Gasteiger partial charge in [-0.1, -0.05) is 0 Å². The fourth-order valence-electron chi connectivity index (χ4n) is 1.21. The molecule has 1 saturated heterocycles. The molecule has 1 heterocycles. The number of aliphatic hydroxyl groups is 1. The molecule has 14 heavy (non-hydrogen) atoms. The van der Waals surface area contributed by atoms with Crippen LogP contribution in [-0.2, 0) is 9.59 Å². The first kappa shape index (κ1) is 10.8. The Morgan fingerprint density at radius 3 is 2.14 bits per heavy atom. The molecule has 1 aliphatic rings. The van der Waals surface area contributed by atoms with E-state index in [0.29, 0.717) is 0 Å². The number of nitrogens with zero attached hydrogens (tertiary/aromatic N) is 1. The number of amides is 1. The van der Waals surface area contributed by atoms with E-state index in [1.807, 2.05) is 0 Å². The Bertz CT molecular complexity index is 285. The van der Waals surface area contributed by atoms with Gasteiger partial charge in [-0.2, -0.15) is 8.78 Å². The van der Waals surface area contributed by atoms with Crippen molar-refractivity contribution in [2.45, 2.75) is 18.4 Å². The van der Waals surface area contributed by atoms with Crippen LogP contribution in [0.5, 0.6) is 0 Å². The number of alkyl halides is 2. The molecule has 0 unspecified atom stereocenters. The van der Waals surface area contributed by atoms with Crippen molar-refractivity contribution in [3.05, 3.63) is 0 Å². The lowest BCUT2D eigenvalue weighted by Gasteiger charge is -2.47. The lowest BCUT2D eigenvalue weighted by molar-refractivity contribution is -0.243. The number of likely N-dealkylation sites (tertiary alicyclic amines) is 1. The molecule has 0 spiro atoms. The van der Waals surface area contributed by atoms with E-state index in [2.05, 4.69) is 0 Å². The Morgan fingerprint density at radius 2 is 1.86 bits per heavy atom. The molecule has 0 aliphatic carbocycles. The van der Waals surface area contributed by atoms with Gasteiger partial charge in [0.15, 0.2) is 5.60 Å². The summed E-state index contributed by atoms with van der Waals surface area (Å²) < 4.78 is 25.6. The highest BCUT2D eigenvalue weighted by atomic mass is 19.3. The van der Waals surface area contributed by atoms with E-state index in [4.69, 9.17) is 5.11 Å². The molecule has 0 bridgehead atoms. The summed E-state index contributed by atoms with van der Waals surface area (Å²) in [5, 5.41) is 17.4. The molecule has 0 aromatic rings. The van der Waals surface area contributed by atoms with E-state index in [1.165, 1.54) is 0 Å². The molecule has 0 aromatic carbocycles. The predicted octanol–water partition coefficient (Wildman–Crippen LogP) is -0.700. The first-order valence-electron chi connectivity index (χ1n) is 3.80. The smallest absolute Gasteiger partial charge is 0.377 e. The SMILES string of the molecule is CC(=O)N1CC(O)(C(F)(F)C(=O)O)C1. The molecule has 2 N–H and O–H groups in total. The Labute approximate surface area is 77.9 Å². The molecule has 0 aromatic heterocycles. The second-order valence-corrected chi connectivity index (χ2v) is 3.29. The third-order valence-corrected chi connectivity index (χ3v) is 2.20. The van der Waals surface area contributed by atoms with Crippen molar-refractivity contribution in [1.29, 1.82) is 0 Å². The maximum Gasteiger partial charge on any atom is 0.377 e. The van der Waals surface area contributed by atoms with Crippen LogP contribution < -0.4 is 0 Å². The number of carbonyl (C=O) groups is 2. The zero-order valence-corrected chi connectivity index (χ0v) is 7.33. The van der Waals surface area contributed by atoms with Gasteiger partial charge in [-0.05, 0) is 0 Å². The molecule has 1 rings (SSSR count). The highest BCUT2D eigenvalue weighted by molar-refractivity contribution is 5.80. The van der Waals surface area contributed by atoms with Crippen LogP contribution in [0.25, 0.3) is 0 Å². The van der Waals surface area contributed by atoms with E-state index in [1.54, 1.807) is 0 Å². The van der Waals surface area contributed by atoms with Crippen LogP contribution in [0, 0.1) is 0 Å². The second-order valence-electron chi connectivity index (χ2n) is 3.29. The number of aliphatic carboxylic acids is 1. The standard InChI is InChI=1S/C7H9F2NO4/c1-4(11)10-2-6(14,3-10)7(8,9)5(12)13/h14H,2-3H2,1H3,(H,12,13). The summed E-state index contributed by atoms with van der Waals surface area (Å²) in [6.07, 6.45) is 0. The number of carboxylic acid groups (broad SMARTS) is 1. The summed E-state index contributed by atoms with van der Waals surface area (Å²) in [4.78, 5) is 21.7. The summed E-state index contributed by atoms with van der Waals surface area (Å²) in [6.45, 7) is -0.151. The van der Waals surface area contributed by atoms with Crippen molar-refractivity contribution in [3.8, 4) is 0 Å². The highest BCUT2D eigenvalue weighted by Gasteiger charge is 2.65. The molecule has 0 atom stereocenters. The van der Waals surface area contributed by atoms with Crippen molar-refractivity contribution in [2.24, 2.45) is 0 Å². The van der Waals surface area contributed by atoms with Crippen LogP contribution in [0.3, 0.4) is 0 Å². The van der Waals surface area contributed by atoms with Crippen molar-refractivity contribution < 1.29 is 28.6 Å². The lowest BCUT2D eigenvalue weighted by Crippen LogP contribution is -2.73. The monoisotopic (exact) mass is 209 g/mol. The quantitative estimate of drug-likeness (QED) is 0.630. The zero-order chi connectivity index (χ0) is 11.1. The van der Waals surface area contributed by atoms with Crippen molar-refractivity contribution in [2.75, 3.05) is 13.1 Å². The average Bonchev–Trinajstić information content (AvgIpc) is 1.97. The van der Waals surface area contributed by atoms with Gasteiger partial charge >= 0.3 is 11.9 Å². The van der Waals surface area contributed by atoms with E-state index in [9.17, 15) is 23.5 Å².